The number of hydrogen-bond acceptors (Lipinski definition) is 3. The Morgan fingerprint density at radius 1 is 1.40 bits per heavy atom. The van der Waals surface area contributed by atoms with Gasteiger partial charge in [0.05, 0.1) is 6.10 Å². The number of pyridine rings is 1. The van der Waals surface area contributed by atoms with E-state index in [0.29, 0.717) is 18.1 Å². The molecule has 1 aromatic heterocycles. The van der Waals surface area contributed by atoms with Crippen LogP contribution in [0.25, 0.3) is 0 Å². The maximum atomic E-state index is 6.03. The Labute approximate surface area is 123 Å². The summed E-state index contributed by atoms with van der Waals surface area (Å²) >= 11 is 0. The van der Waals surface area contributed by atoms with Crippen molar-refractivity contribution in [3.8, 4) is 0 Å². The van der Waals surface area contributed by atoms with Crippen LogP contribution in [0.4, 0.5) is 0 Å². The molecule has 2 rings (SSSR count). The van der Waals surface area contributed by atoms with E-state index in [1.54, 1.807) is 0 Å². The Morgan fingerprint density at radius 2 is 2.25 bits per heavy atom. The lowest BCUT2D eigenvalue weighted by Gasteiger charge is -2.32. The molecule has 1 N–H and O–H groups in total. The molecule has 0 amide bonds. The number of hydrogen-bond donors (Lipinski definition) is 1. The van der Waals surface area contributed by atoms with Crippen molar-refractivity contribution in [1.29, 1.82) is 0 Å². The number of rotatable bonds is 8. The second-order valence-electron chi connectivity index (χ2n) is 5.56. The summed E-state index contributed by atoms with van der Waals surface area (Å²) in [5.74, 6) is 0.495. The van der Waals surface area contributed by atoms with E-state index >= 15 is 0 Å². The lowest BCUT2D eigenvalue weighted by Crippen LogP contribution is -2.45. The molecule has 0 aromatic carbocycles. The van der Waals surface area contributed by atoms with Crippen LogP contribution in [-0.4, -0.2) is 30.3 Å². The summed E-state index contributed by atoms with van der Waals surface area (Å²) in [6, 6.07) is 4.66. The first-order valence-electron chi connectivity index (χ1n) is 8.10. The second kappa shape index (κ2) is 7.75. The van der Waals surface area contributed by atoms with Gasteiger partial charge in [-0.15, -0.1) is 0 Å². The molecule has 1 aliphatic rings. The molecular weight excluding hydrogens is 248 g/mol. The summed E-state index contributed by atoms with van der Waals surface area (Å²) in [7, 11) is 0. The monoisotopic (exact) mass is 276 g/mol. The minimum Gasteiger partial charge on any atom is -0.377 e. The fourth-order valence-electron chi connectivity index (χ4n) is 3.43. The minimum absolute atomic E-state index is 0.294. The fourth-order valence-corrected chi connectivity index (χ4v) is 3.43. The Bertz CT molecular complexity index is 402. The molecule has 0 aliphatic heterocycles. The number of aryl methyl sites for hydroxylation is 1. The van der Waals surface area contributed by atoms with Crippen LogP contribution in [0.1, 0.15) is 57.2 Å². The van der Waals surface area contributed by atoms with Crippen molar-refractivity contribution >= 4 is 0 Å². The van der Waals surface area contributed by atoms with Crippen molar-refractivity contribution in [2.75, 3.05) is 13.2 Å². The van der Waals surface area contributed by atoms with Crippen molar-refractivity contribution in [1.82, 2.24) is 10.3 Å². The summed E-state index contributed by atoms with van der Waals surface area (Å²) in [4.78, 5) is 4.65. The van der Waals surface area contributed by atoms with Crippen molar-refractivity contribution in [3.05, 3.63) is 29.6 Å². The van der Waals surface area contributed by atoms with Crippen LogP contribution in [0, 0.1) is 0 Å². The number of fused-ring (bicyclic) bond motifs is 1. The summed E-state index contributed by atoms with van der Waals surface area (Å²) < 4.78 is 6.03. The van der Waals surface area contributed by atoms with Crippen LogP contribution >= 0.6 is 0 Å². The van der Waals surface area contributed by atoms with Crippen LogP contribution in [0.5, 0.6) is 0 Å². The third kappa shape index (κ3) is 3.39. The highest BCUT2D eigenvalue weighted by molar-refractivity contribution is 5.30. The summed E-state index contributed by atoms with van der Waals surface area (Å²) in [6.07, 6.45) is 6.84. The van der Waals surface area contributed by atoms with E-state index in [4.69, 9.17) is 4.74 Å². The average Bonchev–Trinajstić information content (AvgIpc) is 2.88. The Hall–Kier alpha value is -0.930. The highest BCUT2D eigenvalue weighted by atomic mass is 16.5. The van der Waals surface area contributed by atoms with E-state index in [1.807, 2.05) is 6.20 Å². The van der Waals surface area contributed by atoms with E-state index in [9.17, 15) is 0 Å². The normalized spacial score (nSPS) is 20.6. The zero-order chi connectivity index (χ0) is 14.4. The molecule has 0 radical (unpaired) electrons. The van der Waals surface area contributed by atoms with Crippen molar-refractivity contribution in [2.24, 2.45) is 0 Å². The molecule has 112 valence electrons. The number of nitrogens with one attached hydrogen (secondary N) is 1. The molecule has 0 spiro atoms. The molecular formula is C17H28N2O. The number of ether oxygens (including phenoxy) is 1. The second-order valence-corrected chi connectivity index (χ2v) is 5.56. The smallest absolute Gasteiger partial charge is 0.0734 e. The minimum atomic E-state index is 0.294. The van der Waals surface area contributed by atoms with Crippen LogP contribution in [0.2, 0.25) is 0 Å². The first-order valence-corrected chi connectivity index (χ1v) is 8.10. The van der Waals surface area contributed by atoms with Gasteiger partial charge in [0.15, 0.2) is 0 Å². The maximum absolute atomic E-state index is 6.03. The van der Waals surface area contributed by atoms with Gasteiger partial charge in [0, 0.05) is 30.5 Å². The highest BCUT2D eigenvalue weighted by Gasteiger charge is 2.35. The van der Waals surface area contributed by atoms with Crippen LogP contribution in [0.3, 0.4) is 0 Å². The Balaban J connectivity index is 2.20. The van der Waals surface area contributed by atoms with E-state index < -0.39 is 0 Å². The molecule has 0 saturated carbocycles. The van der Waals surface area contributed by atoms with Crippen molar-refractivity contribution < 1.29 is 4.74 Å². The van der Waals surface area contributed by atoms with E-state index in [2.05, 4.69) is 43.2 Å². The van der Waals surface area contributed by atoms with Gasteiger partial charge in [-0.1, -0.05) is 26.3 Å². The van der Waals surface area contributed by atoms with Gasteiger partial charge in [-0.25, -0.2) is 0 Å². The largest absolute Gasteiger partial charge is 0.377 e. The molecule has 1 heterocycles. The van der Waals surface area contributed by atoms with Gasteiger partial charge in [0.1, 0.15) is 0 Å². The summed E-state index contributed by atoms with van der Waals surface area (Å²) in [5.41, 5.74) is 2.71. The molecule has 1 aliphatic carbocycles. The predicted octanol–water partition coefficient (Wildman–Crippen LogP) is 3.29. The van der Waals surface area contributed by atoms with Gasteiger partial charge in [0.25, 0.3) is 0 Å². The molecule has 3 unspecified atom stereocenters. The van der Waals surface area contributed by atoms with Gasteiger partial charge >= 0.3 is 0 Å². The fraction of sp³-hybridized carbons (Fsp3) is 0.706. The topological polar surface area (TPSA) is 34.1 Å². The average molecular weight is 276 g/mol. The molecule has 1 aromatic rings. The van der Waals surface area contributed by atoms with Crippen LogP contribution < -0.4 is 5.32 Å². The third-order valence-electron chi connectivity index (χ3n) is 4.23. The number of aromatic nitrogens is 1. The first kappa shape index (κ1) is 15.5. The SMILES string of the molecule is CCCC(OCC)C(NCC)C1CCc2cccnc21. The van der Waals surface area contributed by atoms with E-state index in [1.165, 1.54) is 17.7 Å². The quantitative estimate of drug-likeness (QED) is 0.791. The van der Waals surface area contributed by atoms with Gasteiger partial charge in [-0.05, 0) is 44.4 Å². The Morgan fingerprint density at radius 3 is 2.95 bits per heavy atom. The van der Waals surface area contributed by atoms with E-state index in [-0.39, 0.29) is 0 Å². The van der Waals surface area contributed by atoms with Crippen LogP contribution in [-0.2, 0) is 11.2 Å². The zero-order valence-electron chi connectivity index (χ0n) is 13.1. The highest BCUT2D eigenvalue weighted by Crippen LogP contribution is 2.36. The van der Waals surface area contributed by atoms with Gasteiger partial charge in [-0.3, -0.25) is 4.98 Å². The van der Waals surface area contributed by atoms with Gasteiger partial charge in [-0.2, -0.15) is 0 Å². The number of nitrogens with zero attached hydrogens (tertiary/aromatic N) is 1. The number of likely N-dealkylation sites (N-methyl/N-ethyl adjacent to an activating group) is 1. The summed E-state index contributed by atoms with van der Waals surface area (Å²) in [5, 5.41) is 3.67. The molecule has 20 heavy (non-hydrogen) atoms. The van der Waals surface area contributed by atoms with Gasteiger partial charge < -0.3 is 10.1 Å². The van der Waals surface area contributed by atoms with Crippen molar-refractivity contribution in [2.45, 2.75) is 64.5 Å². The van der Waals surface area contributed by atoms with Crippen LogP contribution in [0.15, 0.2) is 18.3 Å². The van der Waals surface area contributed by atoms with E-state index in [0.717, 1.165) is 32.4 Å². The molecule has 0 fully saturated rings. The Kier molecular flexibility index (Phi) is 5.99. The zero-order valence-corrected chi connectivity index (χ0v) is 13.1. The molecule has 3 heteroatoms. The third-order valence-corrected chi connectivity index (χ3v) is 4.23. The standard InChI is InChI=1S/C17H28N2O/c1-4-8-15(20-6-3)17(18-5-2)14-11-10-13-9-7-12-19-16(13)14/h7,9,12,14-15,17-18H,4-6,8,10-11H2,1-3H3. The molecule has 0 bridgehead atoms. The first-order chi connectivity index (χ1) is 9.81. The van der Waals surface area contributed by atoms with Crippen molar-refractivity contribution in [3.63, 3.8) is 0 Å². The summed E-state index contributed by atoms with van der Waals surface area (Å²) in [6.45, 7) is 8.27. The molecule has 3 nitrogen and oxygen atoms in total. The molecule has 0 saturated heterocycles. The molecule has 3 atom stereocenters. The van der Waals surface area contributed by atoms with Gasteiger partial charge in [0.2, 0.25) is 0 Å². The lowest BCUT2D eigenvalue weighted by molar-refractivity contribution is 0.0208. The lowest BCUT2D eigenvalue weighted by atomic mass is 9.90. The maximum Gasteiger partial charge on any atom is 0.0734 e. The predicted molar refractivity (Wildman–Crippen MR) is 83.1 cm³/mol.